The van der Waals surface area contributed by atoms with Crippen molar-refractivity contribution in [2.75, 3.05) is 38.0 Å². The number of hydrogen-bond acceptors (Lipinski definition) is 5. The van der Waals surface area contributed by atoms with Gasteiger partial charge in [-0.1, -0.05) is 42.5 Å². The van der Waals surface area contributed by atoms with Crippen molar-refractivity contribution in [2.45, 2.75) is 26.4 Å². The number of hydrogen-bond donors (Lipinski definition) is 1. The fraction of sp³-hybridized carbons (Fsp3) is 0.429. The van der Waals surface area contributed by atoms with Crippen LogP contribution in [0, 0.1) is 0 Å². The highest BCUT2D eigenvalue weighted by Crippen LogP contribution is 2.09. The summed E-state index contributed by atoms with van der Waals surface area (Å²) >= 11 is 0. The highest BCUT2D eigenvalue weighted by atomic mass is 15.3. The number of benzene rings is 1. The molecule has 2 aromatic rings. The Hall–Kier alpha value is -2.24. The van der Waals surface area contributed by atoms with Crippen LogP contribution in [0.4, 0.5) is 5.95 Å². The van der Waals surface area contributed by atoms with E-state index < -0.39 is 0 Å². The van der Waals surface area contributed by atoms with Gasteiger partial charge >= 0.3 is 0 Å². The maximum Gasteiger partial charge on any atom is 0.222 e. The van der Waals surface area contributed by atoms with Crippen LogP contribution in [-0.2, 0) is 6.54 Å². The molecule has 5 heteroatoms. The van der Waals surface area contributed by atoms with E-state index in [1.165, 1.54) is 11.1 Å². The van der Waals surface area contributed by atoms with Gasteiger partial charge < -0.3 is 5.32 Å². The van der Waals surface area contributed by atoms with E-state index in [1.807, 2.05) is 12.4 Å². The van der Waals surface area contributed by atoms with Crippen molar-refractivity contribution in [2.24, 2.45) is 0 Å². The van der Waals surface area contributed by atoms with E-state index in [-0.39, 0.29) is 0 Å². The summed E-state index contributed by atoms with van der Waals surface area (Å²) in [6, 6.07) is 10.8. The van der Waals surface area contributed by atoms with Crippen molar-refractivity contribution in [1.82, 2.24) is 19.8 Å². The Bertz CT molecular complexity index is 673. The normalized spacial score (nSPS) is 16.4. The lowest BCUT2D eigenvalue weighted by atomic mass is 10.2. The summed E-state index contributed by atoms with van der Waals surface area (Å²) in [5.41, 5.74) is 2.44. The summed E-state index contributed by atoms with van der Waals surface area (Å²) in [5, 5.41) is 3.22. The zero-order chi connectivity index (χ0) is 18.2. The molecule has 0 radical (unpaired) electrons. The van der Waals surface area contributed by atoms with E-state index in [4.69, 9.17) is 0 Å². The molecule has 3 rings (SSSR count). The minimum Gasteiger partial charge on any atom is -0.352 e. The molecule has 0 atom stereocenters. The lowest BCUT2D eigenvalue weighted by molar-refractivity contribution is 0.137. The van der Waals surface area contributed by atoms with Crippen molar-refractivity contribution in [3.63, 3.8) is 0 Å². The number of piperazine rings is 1. The van der Waals surface area contributed by atoms with Crippen LogP contribution in [0.3, 0.4) is 0 Å². The van der Waals surface area contributed by atoms with E-state index in [0.717, 1.165) is 39.3 Å². The molecule has 0 aliphatic carbocycles. The first-order valence-corrected chi connectivity index (χ1v) is 9.43. The summed E-state index contributed by atoms with van der Waals surface area (Å²) in [6.07, 6.45) is 8.34. The van der Waals surface area contributed by atoms with Crippen molar-refractivity contribution >= 4 is 12.0 Å². The minimum atomic E-state index is 0.352. The second-order valence-corrected chi connectivity index (χ2v) is 7.10. The lowest BCUT2D eigenvalue weighted by Gasteiger charge is -2.34. The average Bonchev–Trinajstić information content (AvgIpc) is 2.65. The summed E-state index contributed by atoms with van der Waals surface area (Å²) in [5.74, 6) is 0.707. The molecule has 1 aromatic carbocycles. The maximum absolute atomic E-state index is 4.40. The maximum atomic E-state index is 4.40. The molecule has 0 unspecified atom stereocenters. The topological polar surface area (TPSA) is 44.3 Å². The largest absolute Gasteiger partial charge is 0.352 e. The standard InChI is InChI=1S/C21H29N5/c1-18(2)24-21-22-15-20(16-23-21)17-26-13-11-25(12-14-26)10-6-9-19-7-4-3-5-8-19/h3-9,15-16,18H,10-14,17H2,1-2H3,(H,22,23,24)/b9-6+. The molecular weight excluding hydrogens is 322 g/mol. The highest BCUT2D eigenvalue weighted by molar-refractivity contribution is 5.48. The fourth-order valence-electron chi connectivity index (χ4n) is 3.06. The Morgan fingerprint density at radius 2 is 1.65 bits per heavy atom. The second-order valence-electron chi connectivity index (χ2n) is 7.10. The van der Waals surface area contributed by atoms with Crippen LogP contribution in [0.2, 0.25) is 0 Å². The molecule has 5 nitrogen and oxygen atoms in total. The Balaban J connectivity index is 1.40. The van der Waals surface area contributed by atoms with Crippen LogP contribution in [0.5, 0.6) is 0 Å². The molecule has 26 heavy (non-hydrogen) atoms. The van der Waals surface area contributed by atoms with Crippen LogP contribution in [0.15, 0.2) is 48.8 Å². The molecule has 1 aliphatic rings. The molecule has 1 aromatic heterocycles. The van der Waals surface area contributed by atoms with Gasteiger partial charge in [0.1, 0.15) is 0 Å². The predicted molar refractivity (Wildman–Crippen MR) is 108 cm³/mol. The Morgan fingerprint density at radius 1 is 1.00 bits per heavy atom. The van der Waals surface area contributed by atoms with Gasteiger partial charge in [-0.3, -0.25) is 9.80 Å². The molecule has 0 saturated carbocycles. The van der Waals surface area contributed by atoms with Crippen LogP contribution >= 0.6 is 0 Å². The molecule has 1 fully saturated rings. The predicted octanol–water partition coefficient (Wildman–Crippen LogP) is 3.13. The second kappa shape index (κ2) is 9.46. The van der Waals surface area contributed by atoms with Crippen molar-refractivity contribution in [1.29, 1.82) is 0 Å². The van der Waals surface area contributed by atoms with Crippen molar-refractivity contribution in [3.05, 3.63) is 59.9 Å². The van der Waals surface area contributed by atoms with E-state index in [9.17, 15) is 0 Å². The van der Waals surface area contributed by atoms with Gasteiger partial charge in [0.2, 0.25) is 5.95 Å². The van der Waals surface area contributed by atoms with Crippen LogP contribution in [0.25, 0.3) is 6.08 Å². The zero-order valence-corrected chi connectivity index (χ0v) is 15.8. The van der Waals surface area contributed by atoms with Crippen molar-refractivity contribution in [3.8, 4) is 0 Å². The first-order valence-electron chi connectivity index (χ1n) is 9.43. The summed E-state index contributed by atoms with van der Waals surface area (Å²) in [6.45, 7) is 10.5. The zero-order valence-electron chi connectivity index (χ0n) is 15.8. The highest BCUT2D eigenvalue weighted by Gasteiger charge is 2.16. The SMILES string of the molecule is CC(C)Nc1ncc(CN2CCN(C/C=C/c3ccccc3)CC2)cn1. The quantitative estimate of drug-likeness (QED) is 0.830. The lowest BCUT2D eigenvalue weighted by Crippen LogP contribution is -2.45. The third-order valence-corrected chi connectivity index (χ3v) is 4.47. The molecule has 138 valence electrons. The number of rotatable bonds is 7. The number of anilines is 1. The number of aromatic nitrogens is 2. The van der Waals surface area contributed by atoms with Gasteiger partial charge in [-0.05, 0) is 19.4 Å². The molecule has 0 bridgehead atoms. The minimum absolute atomic E-state index is 0.352. The number of nitrogens with zero attached hydrogens (tertiary/aromatic N) is 4. The van der Waals surface area contributed by atoms with E-state index in [0.29, 0.717) is 12.0 Å². The van der Waals surface area contributed by atoms with E-state index in [2.05, 4.69) is 81.4 Å². The molecule has 1 N–H and O–H groups in total. The molecule has 1 saturated heterocycles. The molecule has 2 heterocycles. The van der Waals surface area contributed by atoms with Crippen LogP contribution < -0.4 is 5.32 Å². The van der Waals surface area contributed by atoms with Gasteiger partial charge in [0.05, 0.1) is 0 Å². The summed E-state index contributed by atoms with van der Waals surface area (Å²) < 4.78 is 0. The first-order chi connectivity index (χ1) is 12.7. The monoisotopic (exact) mass is 351 g/mol. The molecule has 0 spiro atoms. The van der Waals surface area contributed by atoms with Gasteiger partial charge in [0.15, 0.2) is 0 Å². The van der Waals surface area contributed by atoms with E-state index in [1.54, 1.807) is 0 Å². The molecular formula is C21H29N5. The van der Waals surface area contributed by atoms with Gasteiger partial charge in [0.25, 0.3) is 0 Å². The molecule has 0 amide bonds. The number of nitrogens with one attached hydrogen (secondary N) is 1. The third kappa shape index (κ3) is 5.93. The fourth-order valence-corrected chi connectivity index (χ4v) is 3.06. The molecule has 1 aliphatic heterocycles. The average molecular weight is 351 g/mol. The Labute approximate surface area is 156 Å². The van der Waals surface area contributed by atoms with Gasteiger partial charge in [-0.25, -0.2) is 9.97 Å². The third-order valence-electron chi connectivity index (χ3n) is 4.47. The van der Waals surface area contributed by atoms with Gasteiger partial charge in [-0.2, -0.15) is 0 Å². The van der Waals surface area contributed by atoms with Crippen molar-refractivity contribution < 1.29 is 0 Å². The van der Waals surface area contributed by atoms with Gasteiger partial charge in [-0.15, -0.1) is 0 Å². The van der Waals surface area contributed by atoms with Gasteiger partial charge in [0, 0.05) is 63.3 Å². The first kappa shape index (κ1) is 18.5. The smallest absolute Gasteiger partial charge is 0.222 e. The Morgan fingerprint density at radius 3 is 2.31 bits per heavy atom. The summed E-state index contributed by atoms with van der Waals surface area (Å²) in [7, 11) is 0. The van der Waals surface area contributed by atoms with Crippen LogP contribution in [-0.4, -0.2) is 58.5 Å². The summed E-state index contributed by atoms with van der Waals surface area (Å²) in [4.78, 5) is 13.8. The Kier molecular flexibility index (Phi) is 6.75. The van der Waals surface area contributed by atoms with Crippen LogP contribution in [0.1, 0.15) is 25.0 Å². The van der Waals surface area contributed by atoms with E-state index >= 15 is 0 Å².